The Bertz CT molecular complexity index is 1380. The number of amides is 1. The van der Waals surface area contributed by atoms with Gasteiger partial charge in [-0.25, -0.2) is 9.78 Å². The number of thiazole rings is 1. The van der Waals surface area contributed by atoms with Gasteiger partial charge in [-0.3, -0.25) is 0 Å². The molecule has 0 radical (unpaired) electrons. The quantitative estimate of drug-likeness (QED) is 0.299. The zero-order chi connectivity index (χ0) is 26.4. The molecule has 8 nitrogen and oxygen atoms in total. The summed E-state index contributed by atoms with van der Waals surface area (Å²) < 4.78 is 16.8. The first-order valence-electron chi connectivity index (χ1n) is 11.8. The van der Waals surface area contributed by atoms with Crippen LogP contribution in [-0.2, 0) is 15.9 Å². The molecule has 2 heterocycles. The van der Waals surface area contributed by atoms with Crippen molar-refractivity contribution >= 4 is 17.4 Å². The number of rotatable bonds is 8. The number of carbonyl (C=O) groups is 1. The maximum absolute atomic E-state index is 11.9. The maximum atomic E-state index is 11.9. The highest BCUT2D eigenvalue weighted by Crippen LogP contribution is 2.36. The van der Waals surface area contributed by atoms with Crippen molar-refractivity contribution in [3.63, 3.8) is 0 Å². The van der Waals surface area contributed by atoms with E-state index in [4.69, 9.17) is 14.0 Å². The topological polar surface area (TPSA) is 110 Å². The number of hydrogen-bond acceptors (Lipinski definition) is 8. The standard InChI is InChI=1S/C28H28N4O4S/c1-28(2,3)35-27(33)31-12-11-18-5-8-20(9-6-18)21-10-7-19(17-29)15-22(21)25(34-4)24-16-23(32-36-24)26-30-13-14-37-26/h5-10,13-16,25H,11-12H2,1-4H3,(H,31,33). The Morgan fingerprint density at radius 3 is 2.62 bits per heavy atom. The Hall–Kier alpha value is -4.00. The second kappa shape index (κ2) is 11.4. The molecule has 0 aliphatic rings. The summed E-state index contributed by atoms with van der Waals surface area (Å²) in [6, 6.07) is 17.6. The van der Waals surface area contributed by atoms with Crippen LogP contribution in [0.5, 0.6) is 0 Å². The van der Waals surface area contributed by atoms with Crippen LogP contribution in [0, 0.1) is 11.3 Å². The molecule has 2 aromatic heterocycles. The average molecular weight is 517 g/mol. The van der Waals surface area contributed by atoms with E-state index in [0.29, 0.717) is 30.0 Å². The Morgan fingerprint density at radius 1 is 1.19 bits per heavy atom. The number of ether oxygens (including phenoxy) is 2. The summed E-state index contributed by atoms with van der Waals surface area (Å²) in [7, 11) is 1.60. The Kier molecular flexibility index (Phi) is 8.01. The van der Waals surface area contributed by atoms with Gasteiger partial charge >= 0.3 is 6.09 Å². The Balaban J connectivity index is 1.55. The number of alkyl carbamates (subject to hydrolysis) is 1. The molecule has 37 heavy (non-hydrogen) atoms. The summed E-state index contributed by atoms with van der Waals surface area (Å²) in [6.45, 7) is 5.96. The summed E-state index contributed by atoms with van der Waals surface area (Å²) in [5.74, 6) is 0.522. The molecule has 0 aliphatic heterocycles. The predicted octanol–water partition coefficient (Wildman–Crippen LogP) is 6.14. The van der Waals surface area contributed by atoms with Gasteiger partial charge in [0.2, 0.25) is 0 Å². The minimum Gasteiger partial charge on any atom is -0.444 e. The third kappa shape index (κ3) is 6.61. The number of benzene rings is 2. The molecule has 9 heteroatoms. The Morgan fingerprint density at radius 2 is 1.97 bits per heavy atom. The molecular formula is C28H28N4O4S. The number of nitrogens with zero attached hydrogens (tertiary/aromatic N) is 3. The first-order chi connectivity index (χ1) is 17.8. The Labute approximate surface area is 219 Å². The fourth-order valence-electron chi connectivity index (χ4n) is 3.85. The molecule has 1 N–H and O–H groups in total. The number of nitrogens with one attached hydrogen (secondary N) is 1. The molecule has 4 aromatic rings. The smallest absolute Gasteiger partial charge is 0.407 e. The molecule has 0 saturated heterocycles. The van der Waals surface area contributed by atoms with E-state index in [0.717, 1.165) is 27.3 Å². The van der Waals surface area contributed by atoms with Crippen molar-refractivity contribution in [3.05, 3.63) is 82.6 Å². The molecule has 2 aromatic carbocycles. The molecule has 0 bridgehead atoms. The largest absolute Gasteiger partial charge is 0.444 e. The molecule has 0 spiro atoms. The lowest BCUT2D eigenvalue weighted by Crippen LogP contribution is -2.33. The van der Waals surface area contributed by atoms with E-state index in [1.54, 1.807) is 19.4 Å². The van der Waals surface area contributed by atoms with Crippen molar-refractivity contribution in [2.75, 3.05) is 13.7 Å². The van der Waals surface area contributed by atoms with Crippen LogP contribution >= 0.6 is 11.3 Å². The minimum absolute atomic E-state index is 0.428. The second-order valence-corrected chi connectivity index (χ2v) is 10.3. The van der Waals surface area contributed by atoms with Gasteiger partial charge in [0.15, 0.2) is 5.76 Å². The fourth-order valence-corrected chi connectivity index (χ4v) is 4.44. The van der Waals surface area contributed by atoms with E-state index in [2.05, 4.69) is 21.5 Å². The van der Waals surface area contributed by atoms with Crippen LogP contribution in [0.4, 0.5) is 4.79 Å². The molecule has 1 unspecified atom stereocenters. The number of nitriles is 1. The fraction of sp³-hybridized carbons (Fsp3) is 0.286. The lowest BCUT2D eigenvalue weighted by molar-refractivity contribution is 0.0528. The minimum atomic E-state index is -0.567. The molecule has 0 fully saturated rings. The summed E-state index contributed by atoms with van der Waals surface area (Å²) in [4.78, 5) is 16.2. The van der Waals surface area contributed by atoms with Gasteiger partial charge in [-0.05, 0) is 61.6 Å². The van der Waals surface area contributed by atoms with Crippen molar-refractivity contribution in [3.8, 4) is 27.9 Å². The molecule has 4 rings (SSSR count). The number of aromatic nitrogens is 2. The zero-order valence-corrected chi connectivity index (χ0v) is 22.0. The number of hydrogen-bond donors (Lipinski definition) is 1. The average Bonchev–Trinajstić information content (AvgIpc) is 3.57. The third-order valence-corrected chi connectivity index (χ3v) is 6.28. The molecular weight excluding hydrogens is 488 g/mol. The van der Waals surface area contributed by atoms with Gasteiger partial charge in [-0.2, -0.15) is 5.26 Å². The number of methoxy groups -OCH3 is 1. The van der Waals surface area contributed by atoms with E-state index in [1.807, 2.05) is 68.6 Å². The van der Waals surface area contributed by atoms with E-state index in [-0.39, 0.29) is 0 Å². The van der Waals surface area contributed by atoms with E-state index >= 15 is 0 Å². The van der Waals surface area contributed by atoms with Gasteiger partial charge < -0.3 is 19.3 Å². The lowest BCUT2D eigenvalue weighted by Gasteiger charge is -2.19. The van der Waals surface area contributed by atoms with Crippen LogP contribution in [0.15, 0.2) is 64.6 Å². The summed E-state index contributed by atoms with van der Waals surface area (Å²) in [5, 5.41) is 19.1. The van der Waals surface area contributed by atoms with Crippen LogP contribution in [0.1, 0.15) is 49.3 Å². The second-order valence-electron chi connectivity index (χ2n) is 9.36. The lowest BCUT2D eigenvalue weighted by atomic mass is 9.92. The van der Waals surface area contributed by atoms with Gasteiger partial charge in [-0.15, -0.1) is 11.3 Å². The number of carbonyl (C=O) groups excluding carboxylic acids is 1. The van der Waals surface area contributed by atoms with Crippen LogP contribution in [0.3, 0.4) is 0 Å². The van der Waals surface area contributed by atoms with Crippen molar-refractivity contribution in [1.29, 1.82) is 5.26 Å². The molecule has 0 aliphatic carbocycles. The third-order valence-electron chi connectivity index (χ3n) is 5.48. The van der Waals surface area contributed by atoms with E-state index in [9.17, 15) is 10.1 Å². The summed E-state index contributed by atoms with van der Waals surface area (Å²) in [6.07, 6.45) is 1.39. The highest BCUT2D eigenvalue weighted by atomic mass is 32.1. The highest BCUT2D eigenvalue weighted by Gasteiger charge is 2.24. The van der Waals surface area contributed by atoms with Gasteiger partial charge in [-0.1, -0.05) is 35.5 Å². The monoisotopic (exact) mass is 516 g/mol. The normalized spacial score (nSPS) is 12.1. The van der Waals surface area contributed by atoms with E-state index < -0.39 is 17.8 Å². The van der Waals surface area contributed by atoms with Crippen LogP contribution < -0.4 is 5.32 Å². The predicted molar refractivity (Wildman–Crippen MR) is 141 cm³/mol. The van der Waals surface area contributed by atoms with Gasteiger partial charge in [0.05, 0.1) is 11.6 Å². The highest BCUT2D eigenvalue weighted by molar-refractivity contribution is 7.13. The van der Waals surface area contributed by atoms with Crippen LogP contribution in [0.25, 0.3) is 21.8 Å². The van der Waals surface area contributed by atoms with Crippen LogP contribution in [-0.4, -0.2) is 35.5 Å². The summed E-state index contributed by atoms with van der Waals surface area (Å²) in [5.41, 5.74) is 4.36. The zero-order valence-electron chi connectivity index (χ0n) is 21.1. The van der Waals surface area contributed by atoms with E-state index in [1.165, 1.54) is 11.3 Å². The first-order valence-corrected chi connectivity index (χ1v) is 12.6. The van der Waals surface area contributed by atoms with Crippen molar-refractivity contribution in [2.45, 2.75) is 38.9 Å². The molecule has 1 amide bonds. The van der Waals surface area contributed by atoms with Crippen LogP contribution in [0.2, 0.25) is 0 Å². The molecule has 1 atom stereocenters. The van der Waals surface area contributed by atoms with Gasteiger partial charge in [0.25, 0.3) is 0 Å². The molecule has 0 saturated carbocycles. The van der Waals surface area contributed by atoms with Crippen molar-refractivity contribution in [1.82, 2.24) is 15.5 Å². The SMILES string of the molecule is COC(c1cc(-c2nccs2)no1)c1cc(C#N)ccc1-c1ccc(CCNC(=O)OC(C)(C)C)cc1. The van der Waals surface area contributed by atoms with Crippen molar-refractivity contribution in [2.24, 2.45) is 0 Å². The first kappa shape index (κ1) is 26.1. The summed E-state index contributed by atoms with van der Waals surface area (Å²) >= 11 is 1.47. The maximum Gasteiger partial charge on any atom is 0.407 e. The molecule has 190 valence electrons. The van der Waals surface area contributed by atoms with Gasteiger partial charge in [0, 0.05) is 31.3 Å². The van der Waals surface area contributed by atoms with Gasteiger partial charge in [0.1, 0.15) is 22.4 Å². The van der Waals surface area contributed by atoms with Crippen molar-refractivity contribution < 1.29 is 18.8 Å².